The number of aromatic nitrogens is 2. The van der Waals surface area contributed by atoms with Crippen molar-refractivity contribution >= 4 is 5.82 Å². The molecule has 1 saturated heterocycles. The number of hydrogen-bond acceptors (Lipinski definition) is 4. The van der Waals surface area contributed by atoms with Crippen LogP contribution in [-0.4, -0.2) is 36.6 Å². The molecule has 1 aromatic rings. The molecule has 1 aliphatic rings. The molecule has 2 rings (SSSR count). The molecule has 1 N–H and O–H groups in total. The summed E-state index contributed by atoms with van der Waals surface area (Å²) in [5.74, 6) is 2.22. The normalized spacial score (nSPS) is 18.4. The van der Waals surface area contributed by atoms with Crippen molar-refractivity contribution in [3.63, 3.8) is 0 Å². The van der Waals surface area contributed by atoms with E-state index >= 15 is 0 Å². The monoisotopic (exact) mass is 264 g/mol. The van der Waals surface area contributed by atoms with Crippen LogP contribution in [0.5, 0.6) is 0 Å². The van der Waals surface area contributed by atoms with Crippen LogP contribution >= 0.6 is 0 Å². The van der Waals surface area contributed by atoms with Gasteiger partial charge in [0.05, 0.1) is 11.9 Å². The van der Waals surface area contributed by atoms with Crippen LogP contribution in [-0.2, 0) is 0 Å². The predicted molar refractivity (Wildman–Crippen MR) is 81.7 cm³/mol. The van der Waals surface area contributed by atoms with Crippen molar-refractivity contribution in [2.75, 3.05) is 31.6 Å². The molecular weight excluding hydrogens is 236 g/mol. The lowest BCUT2D eigenvalue weighted by atomic mass is 10.1. The summed E-state index contributed by atoms with van der Waals surface area (Å²) < 4.78 is 0. The van der Waals surface area contributed by atoms with Crippen LogP contribution in [0.25, 0.3) is 0 Å². The molecule has 0 bridgehead atoms. The zero-order valence-corrected chi connectivity index (χ0v) is 13.0. The Bertz CT molecular complexity index is 365. The molecule has 1 aromatic heterocycles. The first-order chi connectivity index (χ1) is 9.20. The van der Waals surface area contributed by atoms with Gasteiger partial charge < -0.3 is 10.2 Å². The number of nitrogens with one attached hydrogen (secondary N) is 1. The van der Waals surface area contributed by atoms with E-state index in [1.165, 1.54) is 6.42 Å². The Morgan fingerprint density at radius 2 is 2.11 bits per heavy atom. The quantitative estimate of drug-likeness (QED) is 0.908. The van der Waals surface area contributed by atoms with Crippen molar-refractivity contribution < 1.29 is 0 Å². The molecule has 1 fully saturated rings. The minimum atomic E-state index is 0.443. The van der Waals surface area contributed by atoms with Gasteiger partial charge in [-0.05, 0) is 31.8 Å². The molecule has 0 saturated carbocycles. The average molecular weight is 264 g/mol. The first-order valence-corrected chi connectivity index (χ1v) is 7.42. The maximum Gasteiger partial charge on any atom is 0.147 e. The smallest absolute Gasteiger partial charge is 0.147 e. The van der Waals surface area contributed by atoms with E-state index in [4.69, 9.17) is 4.98 Å². The second-order valence-electron chi connectivity index (χ2n) is 5.12. The van der Waals surface area contributed by atoms with Crippen LogP contribution in [0.2, 0.25) is 0 Å². The third-order valence-electron chi connectivity index (χ3n) is 3.33. The fraction of sp³-hybridized carbons (Fsp3) is 0.733. The zero-order chi connectivity index (χ0) is 14.3. The van der Waals surface area contributed by atoms with Crippen molar-refractivity contribution in [3.05, 3.63) is 18.1 Å². The molecule has 0 aliphatic carbocycles. The van der Waals surface area contributed by atoms with E-state index < -0.39 is 0 Å². The molecule has 0 spiro atoms. The summed E-state index contributed by atoms with van der Waals surface area (Å²) >= 11 is 0. The Morgan fingerprint density at radius 3 is 2.74 bits per heavy atom. The Hall–Kier alpha value is -1.16. The van der Waals surface area contributed by atoms with Gasteiger partial charge >= 0.3 is 0 Å². The molecule has 108 valence electrons. The van der Waals surface area contributed by atoms with Crippen molar-refractivity contribution in [3.8, 4) is 0 Å². The topological polar surface area (TPSA) is 41.0 Å². The van der Waals surface area contributed by atoms with Gasteiger partial charge in [-0.2, -0.15) is 0 Å². The van der Waals surface area contributed by atoms with Gasteiger partial charge in [0.15, 0.2) is 0 Å². The van der Waals surface area contributed by atoms with Crippen LogP contribution in [0.15, 0.2) is 12.4 Å². The molecule has 1 aliphatic heterocycles. The van der Waals surface area contributed by atoms with Crippen molar-refractivity contribution in [2.24, 2.45) is 5.92 Å². The fourth-order valence-corrected chi connectivity index (χ4v) is 2.30. The van der Waals surface area contributed by atoms with Gasteiger partial charge in [0.2, 0.25) is 0 Å². The molecule has 4 heteroatoms. The highest BCUT2D eigenvalue weighted by Crippen LogP contribution is 2.22. The first kappa shape index (κ1) is 15.9. The van der Waals surface area contributed by atoms with Gasteiger partial charge in [0.1, 0.15) is 5.82 Å². The third-order valence-corrected chi connectivity index (χ3v) is 3.33. The summed E-state index contributed by atoms with van der Waals surface area (Å²) in [5, 5.41) is 3.25. The van der Waals surface area contributed by atoms with E-state index in [2.05, 4.69) is 29.0 Å². The molecule has 4 nitrogen and oxygen atoms in total. The average Bonchev–Trinajstić information content (AvgIpc) is 2.90. The van der Waals surface area contributed by atoms with Gasteiger partial charge in [-0.15, -0.1) is 0 Å². The molecule has 0 radical (unpaired) electrons. The summed E-state index contributed by atoms with van der Waals surface area (Å²) in [6.45, 7) is 11.6. The lowest BCUT2D eigenvalue weighted by Crippen LogP contribution is -2.25. The summed E-state index contributed by atoms with van der Waals surface area (Å²) in [6.07, 6.45) is 5.00. The van der Waals surface area contributed by atoms with Gasteiger partial charge in [-0.3, -0.25) is 4.98 Å². The highest BCUT2D eigenvalue weighted by molar-refractivity contribution is 5.38. The summed E-state index contributed by atoms with van der Waals surface area (Å²) in [5.41, 5.74) is 1.08. The third kappa shape index (κ3) is 4.46. The maximum atomic E-state index is 4.69. The SMILES string of the molecule is CC.CNCC1CCN(c2cncc(C(C)C)n2)C1. The minimum absolute atomic E-state index is 0.443. The highest BCUT2D eigenvalue weighted by Gasteiger charge is 2.23. The second kappa shape index (κ2) is 8.10. The number of anilines is 1. The standard InChI is InChI=1S/C13H22N4.C2H6/c1-10(2)12-7-15-8-13(16-12)17-5-4-11(9-17)6-14-3;1-2/h7-8,10-11,14H,4-6,9H2,1-3H3;1-2H3. The molecule has 2 heterocycles. The van der Waals surface area contributed by atoms with Crippen molar-refractivity contribution in [1.29, 1.82) is 0 Å². The van der Waals surface area contributed by atoms with E-state index in [-0.39, 0.29) is 0 Å². The van der Waals surface area contributed by atoms with Crippen LogP contribution in [0.1, 0.15) is 45.7 Å². The van der Waals surface area contributed by atoms with Crippen LogP contribution in [0.4, 0.5) is 5.82 Å². The molecular formula is C15H28N4. The van der Waals surface area contributed by atoms with E-state index in [9.17, 15) is 0 Å². The largest absolute Gasteiger partial charge is 0.355 e. The van der Waals surface area contributed by atoms with E-state index in [1.54, 1.807) is 0 Å². The lowest BCUT2D eigenvalue weighted by Gasteiger charge is -2.18. The van der Waals surface area contributed by atoms with E-state index in [0.717, 1.165) is 37.1 Å². The maximum absolute atomic E-state index is 4.69. The van der Waals surface area contributed by atoms with Gasteiger partial charge in [-0.25, -0.2) is 4.98 Å². The number of nitrogens with zero attached hydrogens (tertiary/aromatic N) is 3. The minimum Gasteiger partial charge on any atom is -0.355 e. The Morgan fingerprint density at radius 1 is 1.37 bits per heavy atom. The van der Waals surface area contributed by atoms with Crippen LogP contribution in [0, 0.1) is 5.92 Å². The zero-order valence-electron chi connectivity index (χ0n) is 13.0. The predicted octanol–water partition coefficient (Wildman–Crippen LogP) is 2.67. The van der Waals surface area contributed by atoms with Crippen molar-refractivity contribution in [1.82, 2.24) is 15.3 Å². The van der Waals surface area contributed by atoms with Gasteiger partial charge in [0.25, 0.3) is 0 Å². The summed E-state index contributed by atoms with van der Waals surface area (Å²) in [4.78, 5) is 11.3. The summed E-state index contributed by atoms with van der Waals surface area (Å²) in [6, 6.07) is 0. The Kier molecular flexibility index (Phi) is 6.78. The van der Waals surface area contributed by atoms with E-state index in [0.29, 0.717) is 5.92 Å². The summed E-state index contributed by atoms with van der Waals surface area (Å²) in [7, 11) is 2.02. The van der Waals surface area contributed by atoms with Crippen molar-refractivity contribution in [2.45, 2.75) is 40.0 Å². The first-order valence-electron chi connectivity index (χ1n) is 7.42. The molecule has 1 unspecified atom stereocenters. The molecule has 1 atom stereocenters. The fourth-order valence-electron chi connectivity index (χ4n) is 2.30. The molecule has 0 aromatic carbocycles. The number of rotatable bonds is 4. The van der Waals surface area contributed by atoms with Crippen LogP contribution < -0.4 is 10.2 Å². The lowest BCUT2D eigenvalue weighted by molar-refractivity contribution is 0.548. The van der Waals surface area contributed by atoms with Gasteiger partial charge in [0, 0.05) is 19.3 Å². The molecule has 19 heavy (non-hydrogen) atoms. The molecule has 0 amide bonds. The van der Waals surface area contributed by atoms with E-state index in [1.807, 2.05) is 33.3 Å². The van der Waals surface area contributed by atoms with Crippen LogP contribution in [0.3, 0.4) is 0 Å². The highest BCUT2D eigenvalue weighted by atomic mass is 15.2. The Labute approximate surface area is 117 Å². The van der Waals surface area contributed by atoms with Gasteiger partial charge in [-0.1, -0.05) is 27.7 Å². The Balaban J connectivity index is 0.000000861. The number of hydrogen-bond donors (Lipinski definition) is 1. The second-order valence-corrected chi connectivity index (χ2v) is 5.12.